The van der Waals surface area contributed by atoms with E-state index in [1.807, 2.05) is 54.8 Å². The van der Waals surface area contributed by atoms with Crippen molar-refractivity contribution >= 4 is 32.7 Å². The average Bonchev–Trinajstić information content (AvgIpc) is 2.98. The van der Waals surface area contributed by atoms with E-state index in [0.29, 0.717) is 36.4 Å². The number of para-hydroxylation sites is 1. The number of piperazine rings is 1. The number of nitriles is 1. The van der Waals surface area contributed by atoms with Gasteiger partial charge in [-0.15, -0.1) is 0 Å². The summed E-state index contributed by atoms with van der Waals surface area (Å²) in [5, 5.41) is 13.3. The van der Waals surface area contributed by atoms with Gasteiger partial charge < -0.3 is 20.0 Å². The zero-order valence-electron chi connectivity index (χ0n) is 26.1. The largest absolute Gasteiger partial charge is 0.382 e. The number of nitrogens with zero attached hydrogens (tertiary/aromatic N) is 4. The minimum Gasteiger partial charge on any atom is -0.382 e. The normalized spacial score (nSPS) is 18.9. The molecule has 0 radical (unpaired) electrons. The van der Waals surface area contributed by atoms with Crippen molar-refractivity contribution in [1.82, 2.24) is 4.90 Å². The molecule has 2 aliphatic rings. The summed E-state index contributed by atoms with van der Waals surface area (Å²) in [4.78, 5) is 20.1. The number of piperidine rings is 1. The highest BCUT2D eigenvalue weighted by Gasteiger charge is 2.33. The molecule has 0 saturated carbocycles. The van der Waals surface area contributed by atoms with Gasteiger partial charge in [-0.05, 0) is 81.5 Å². The van der Waals surface area contributed by atoms with Gasteiger partial charge in [-0.2, -0.15) is 5.26 Å². The van der Waals surface area contributed by atoms with Gasteiger partial charge in [0.25, 0.3) is 5.91 Å². The summed E-state index contributed by atoms with van der Waals surface area (Å²) >= 11 is 0. The molecule has 2 saturated heterocycles. The van der Waals surface area contributed by atoms with Crippen LogP contribution in [-0.2, 0) is 9.73 Å². The Bertz CT molecular complexity index is 1730. The Morgan fingerprint density at radius 3 is 2.34 bits per heavy atom. The molecule has 0 aliphatic carbocycles. The van der Waals surface area contributed by atoms with Crippen molar-refractivity contribution in [3.8, 4) is 6.07 Å². The topological polar surface area (TPSA) is 104 Å². The molecule has 10 heteroatoms. The third-order valence-electron chi connectivity index (χ3n) is 8.96. The van der Waals surface area contributed by atoms with Crippen LogP contribution in [0.25, 0.3) is 0 Å². The Labute approximate surface area is 260 Å². The third kappa shape index (κ3) is 6.11. The van der Waals surface area contributed by atoms with E-state index in [0.717, 1.165) is 54.0 Å². The molecule has 0 aromatic heterocycles. The zero-order chi connectivity index (χ0) is 31.8. The number of carbonyl (C=O) groups excluding carboxylic acids is 1. The fourth-order valence-electron chi connectivity index (χ4n) is 6.80. The van der Waals surface area contributed by atoms with E-state index in [2.05, 4.69) is 29.3 Å². The summed E-state index contributed by atoms with van der Waals surface area (Å²) in [6.45, 7) is 11.0. The van der Waals surface area contributed by atoms with Gasteiger partial charge in [0, 0.05) is 62.3 Å². The van der Waals surface area contributed by atoms with Gasteiger partial charge in [0.1, 0.15) is 16.8 Å². The number of aryl methyl sites for hydroxylation is 2. The van der Waals surface area contributed by atoms with Crippen molar-refractivity contribution in [2.75, 3.05) is 54.1 Å². The molecule has 0 unspecified atom stereocenters. The van der Waals surface area contributed by atoms with Gasteiger partial charge in [-0.25, -0.2) is 13.4 Å². The summed E-state index contributed by atoms with van der Waals surface area (Å²) < 4.78 is 35.3. The van der Waals surface area contributed by atoms with Crippen LogP contribution in [0.1, 0.15) is 52.4 Å². The van der Waals surface area contributed by atoms with Crippen LogP contribution in [0.2, 0.25) is 0 Å². The number of rotatable bonds is 6. The van der Waals surface area contributed by atoms with Gasteiger partial charge in [0.05, 0.1) is 26.7 Å². The molecular formula is C34H41FN6O2S. The Morgan fingerprint density at radius 1 is 1.00 bits per heavy atom. The first kappa shape index (κ1) is 31.3. The van der Waals surface area contributed by atoms with E-state index in [4.69, 9.17) is 4.78 Å². The first-order valence-electron chi connectivity index (χ1n) is 15.1. The maximum atomic E-state index is 14.7. The molecule has 2 fully saturated rings. The number of hydrogen-bond donors (Lipinski definition) is 2. The maximum absolute atomic E-state index is 14.7. The molecule has 2 atom stereocenters. The lowest BCUT2D eigenvalue weighted by atomic mass is 9.94. The SMILES string of the molecule is Cc1cc(C)c(C(=O)N2CCN(c3cccc(F)c3[S@](C)(=N)=O)C[C@@H]2C)c(C)c1NC1CCN(c2ccccc2C#N)CC1. The first-order chi connectivity index (χ1) is 20.9. The molecule has 5 rings (SSSR count). The maximum Gasteiger partial charge on any atom is 0.254 e. The lowest BCUT2D eigenvalue weighted by Gasteiger charge is -2.42. The van der Waals surface area contributed by atoms with Crippen LogP contribution in [0, 0.1) is 42.7 Å². The van der Waals surface area contributed by atoms with Crippen LogP contribution in [0.3, 0.4) is 0 Å². The lowest BCUT2D eigenvalue weighted by molar-refractivity contribution is 0.0672. The van der Waals surface area contributed by atoms with Crippen molar-refractivity contribution in [2.45, 2.75) is 57.5 Å². The molecule has 44 heavy (non-hydrogen) atoms. The quantitative estimate of drug-likeness (QED) is 0.348. The van der Waals surface area contributed by atoms with E-state index in [9.17, 15) is 18.7 Å². The number of benzene rings is 3. The van der Waals surface area contributed by atoms with Gasteiger partial charge in [0.15, 0.2) is 0 Å². The van der Waals surface area contributed by atoms with E-state index in [1.165, 1.54) is 12.3 Å². The second-order valence-electron chi connectivity index (χ2n) is 12.1. The lowest BCUT2D eigenvalue weighted by Crippen LogP contribution is -2.54. The molecule has 2 heterocycles. The van der Waals surface area contributed by atoms with E-state index < -0.39 is 15.5 Å². The van der Waals surface area contributed by atoms with E-state index in [-0.39, 0.29) is 22.9 Å². The molecule has 2 N–H and O–H groups in total. The second-order valence-corrected chi connectivity index (χ2v) is 14.2. The highest BCUT2D eigenvalue weighted by Crippen LogP contribution is 2.34. The van der Waals surface area contributed by atoms with Gasteiger partial charge in [0.2, 0.25) is 0 Å². The average molecular weight is 617 g/mol. The number of hydrogen-bond acceptors (Lipinski definition) is 7. The number of nitrogens with one attached hydrogen (secondary N) is 2. The number of carbonyl (C=O) groups is 1. The van der Waals surface area contributed by atoms with Crippen molar-refractivity contribution in [1.29, 1.82) is 10.0 Å². The predicted molar refractivity (Wildman–Crippen MR) is 175 cm³/mol. The van der Waals surface area contributed by atoms with Gasteiger partial charge in [-0.3, -0.25) is 4.79 Å². The summed E-state index contributed by atoms with van der Waals surface area (Å²) in [6.07, 6.45) is 3.07. The fourth-order valence-corrected chi connectivity index (χ4v) is 7.84. The molecule has 1 amide bonds. The summed E-state index contributed by atoms with van der Waals surface area (Å²) in [6, 6.07) is 16.7. The highest BCUT2D eigenvalue weighted by molar-refractivity contribution is 7.91. The standard InChI is InChI=1S/C34H41FN6O2S/c1-22-19-23(2)32(38-27-13-15-39(16-14-27)29-11-7-6-9-26(29)20-36)25(4)31(22)34(42)41-18-17-40(21-24(41)3)30-12-8-10-28(35)33(30)44(5,37)43/h6-12,19,24,27,37-38H,13-18,21H2,1-5H3/t24-,44+/m0/s1. The Kier molecular flexibility index (Phi) is 8.89. The van der Waals surface area contributed by atoms with E-state index in [1.54, 1.807) is 12.1 Å². The van der Waals surface area contributed by atoms with Gasteiger partial charge >= 0.3 is 0 Å². The third-order valence-corrected chi connectivity index (χ3v) is 10.1. The predicted octanol–water partition coefficient (Wildman–Crippen LogP) is 6.09. The molecule has 2 aliphatic heterocycles. The summed E-state index contributed by atoms with van der Waals surface area (Å²) in [5.74, 6) is -0.669. The summed E-state index contributed by atoms with van der Waals surface area (Å²) in [7, 11) is -3.28. The van der Waals surface area contributed by atoms with Crippen molar-refractivity contribution in [3.05, 3.63) is 82.2 Å². The molecule has 0 bridgehead atoms. The van der Waals surface area contributed by atoms with Crippen LogP contribution in [0.15, 0.2) is 53.4 Å². The van der Waals surface area contributed by atoms with Crippen LogP contribution >= 0.6 is 0 Å². The van der Waals surface area contributed by atoms with Crippen molar-refractivity contribution in [3.63, 3.8) is 0 Å². The molecule has 3 aromatic carbocycles. The monoisotopic (exact) mass is 616 g/mol. The smallest absolute Gasteiger partial charge is 0.254 e. The van der Waals surface area contributed by atoms with Crippen molar-refractivity contribution in [2.24, 2.45) is 0 Å². The molecule has 3 aromatic rings. The number of anilines is 3. The van der Waals surface area contributed by atoms with Crippen LogP contribution < -0.4 is 15.1 Å². The number of halogens is 1. The Balaban J connectivity index is 1.31. The van der Waals surface area contributed by atoms with Crippen LogP contribution in [-0.4, -0.2) is 66.1 Å². The second kappa shape index (κ2) is 12.5. The van der Waals surface area contributed by atoms with Crippen LogP contribution in [0.5, 0.6) is 0 Å². The minimum absolute atomic E-state index is 0.0302. The number of amides is 1. The minimum atomic E-state index is -3.28. The Hall–Kier alpha value is -4.10. The molecule has 0 spiro atoms. The van der Waals surface area contributed by atoms with Crippen molar-refractivity contribution < 1.29 is 13.4 Å². The fraction of sp³-hybridized carbons (Fsp3) is 0.412. The highest BCUT2D eigenvalue weighted by atomic mass is 32.2. The zero-order valence-corrected chi connectivity index (χ0v) is 26.9. The Morgan fingerprint density at radius 2 is 1.68 bits per heavy atom. The van der Waals surface area contributed by atoms with Crippen LogP contribution in [0.4, 0.5) is 21.5 Å². The molecule has 232 valence electrons. The molecular weight excluding hydrogens is 575 g/mol. The first-order valence-corrected chi connectivity index (χ1v) is 17.1. The molecule has 8 nitrogen and oxygen atoms in total. The summed E-state index contributed by atoms with van der Waals surface area (Å²) in [5.41, 5.74) is 6.81. The van der Waals surface area contributed by atoms with E-state index >= 15 is 0 Å². The van der Waals surface area contributed by atoms with Gasteiger partial charge in [-0.1, -0.05) is 24.3 Å².